The van der Waals surface area contributed by atoms with Crippen LogP contribution >= 0.6 is 0 Å². The monoisotopic (exact) mass is 247 g/mol. The normalized spacial score (nSPS) is 24.0. The molecule has 0 saturated carbocycles. The number of amides is 1. The minimum absolute atomic E-state index is 0.192. The smallest absolute Gasteiger partial charge is 0.223 e. The van der Waals surface area contributed by atoms with Crippen LogP contribution in [0.1, 0.15) is 25.8 Å². The summed E-state index contributed by atoms with van der Waals surface area (Å²) in [5.41, 5.74) is 1.22. The Kier molecular flexibility index (Phi) is 4.37. The zero-order valence-electron chi connectivity index (χ0n) is 11.1. The third-order valence-electron chi connectivity index (χ3n) is 3.43. The zero-order chi connectivity index (χ0) is 13.0. The van der Waals surface area contributed by atoms with Crippen LogP contribution < -0.4 is 0 Å². The van der Waals surface area contributed by atoms with Crippen LogP contribution in [-0.2, 0) is 16.0 Å². The fourth-order valence-corrected chi connectivity index (χ4v) is 2.52. The molecule has 1 aromatic rings. The molecule has 2 rings (SSSR count). The first-order chi connectivity index (χ1) is 8.68. The van der Waals surface area contributed by atoms with Gasteiger partial charge in [-0.15, -0.1) is 0 Å². The van der Waals surface area contributed by atoms with Gasteiger partial charge in [-0.1, -0.05) is 30.3 Å². The van der Waals surface area contributed by atoms with Crippen molar-refractivity contribution >= 4 is 5.91 Å². The Hall–Kier alpha value is -1.35. The Balaban J connectivity index is 1.91. The second-order valence-corrected chi connectivity index (χ2v) is 5.02. The number of aryl methyl sites for hydroxylation is 1. The first-order valence-electron chi connectivity index (χ1n) is 6.61. The summed E-state index contributed by atoms with van der Waals surface area (Å²) in [6.45, 7) is 5.41. The maximum absolute atomic E-state index is 12.3. The number of morpholine rings is 1. The summed E-state index contributed by atoms with van der Waals surface area (Å²) in [5.74, 6) is 0.238. The number of rotatable bonds is 3. The van der Waals surface area contributed by atoms with Crippen molar-refractivity contribution < 1.29 is 9.53 Å². The molecule has 1 saturated heterocycles. The summed E-state index contributed by atoms with van der Waals surface area (Å²) < 4.78 is 5.44. The molecule has 0 radical (unpaired) electrons. The number of carbonyl (C=O) groups is 1. The molecular formula is C15H21NO2. The molecular weight excluding hydrogens is 226 g/mol. The van der Waals surface area contributed by atoms with Gasteiger partial charge in [-0.05, 0) is 25.8 Å². The van der Waals surface area contributed by atoms with Crippen molar-refractivity contribution in [3.8, 4) is 0 Å². The lowest BCUT2D eigenvalue weighted by molar-refractivity contribution is -0.144. The Bertz CT molecular complexity index is 381. The summed E-state index contributed by atoms with van der Waals surface area (Å²) in [6.07, 6.45) is 1.40. The fourth-order valence-electron chi connectivity index (χ4n) is 2.52. The molecule has 1 aromatic carbocycles. The van der Waals surface area contributed by atoms with Crippen molar-refractivity contribution in [2.24, 2.45) is 0 Å². The van der Waals surface area contributed by atoms with E-state index in [1.54, 1.807) is 0 Å². The Morgan fingerprint density at radius 3 is 2.44 bits per heavy atom. The van der Waals surface area contributed by atoms with Gasteiger partial charge in [-0.2, -0.15) is 0 Å². The SMILES string of the molecule is C[C@H]1COC[C@H](C)N1C(=O)CCc1ccccc1. The largest absolute Gasteiger partial charge is 0.377 e. The predicted molar refractivity (Wildman–Crippen MR) is 71.4 cm³/mol. The van der Waals surface area contributed by atoms with E-state index in [1.807, 2.05) is 23.1 Å². The van der Waals surface area contributed by atoms with E-state index in [9.17, 15) is 4.79 Å². The summed E-state index contributed by atoms with van der Waals surface area (Å²) in [7, 11) is 0. The predicted octanol–water partition coefficient (Wildman–Crippen LogP) is 2.25. The van der Waals surface area contributed by atoms with Crippen LogP contribution in [0.25, 0.3) is 0 Å². The van der Waals surface area contributed by atoms with Gasteiger partial charge in [0, 0.05) is 6.42 Å². The van der Waals surface area contributed by atoms with Gasteiger partial charge < -0.3 is 9.64 Å². The van der Waals surface area contributed by atoms with Gasteiger partial charge >= 0.3 is 0 Å². The molecule has 98 valence electrons. The second kappa shape index (κ2) is 6.01. The first kappa shape index (κ1) is 13.1. The fraction of sp³-hybridized carbons (Fsp3) is 0.533. The molecule has 0 aromatic heterocycles. The molecule has 0 bridgehead atoms. The highest BCUT2D eigenvalue weighted by Gasteiger charge is 2.28. The highest BCUT2D eigenvalue weighted by molar-refractivity contribution is 5.77. The molecule has 1 amide bonds. The van der Waals surface area contributed by atoms with Gasteiger partial charge in [-0.3, -0.25) is 4.79 Å². The van der Waals surface area contributed by atoms with Crippen molar-refractivity contribution in [1.29, 1.82) is 0 Å². The van der Waals surface area contributed by atoms with E-state index in [0.717, 1.165) is 6.42 Å². The molecule has 0 unspecified atom stereocenters. The summed E-state index contributed by atoms with van der Waals surface area (Å²) in [5, 5.41) is 0. The second-order valence-electron chi connectivity index (χ2n) is 5.02. The quantitative estimate of drug-likeness (QED) is 0.820. The van der Waals surface area contributed by atoms with Gasteiger partial charge in [-0.25, -0.2) is 0 Å². The van der Waals surface area contributed by atoms with Gasteiger partial charge in [0.25, 0.3) is 0 Å². The molecule has 1 fully saturated rings. The summed E-state index contributed by atoms with van der Waals surface area (Å²) >= 11 is 0. The standard InChI is InChI=1S/C15H21NO2/c1-12-10-18-11-13(2)16(12)15(17)9-8-14-6-4-3-5-7-14/h3-7,12-13H,8-11H2,1-2H3/t12-,13-/m0/s1. The molecule has 0 aliphatic carbocycles. The number of ether oxygens (including phenoxy) is 1. The van der Waals surface area contributed by atoms with Gasteiger partial charge in [0.2, 0.25) is 5.91 Å². The minimum atomic E-state index is 0.192. The summed E-state index contributed by atoms with van der Waals surface area (Å²) in [4.78, 5) is 14.2. The molecule has 3 nitrogen and oxygen atoms in total. The first-order valence-corrected chi connectivity index (χ1v) is 6.61. The van der Waals surface area contributed by atoms with Gasteiger partial charge in [0.1, 0.15) is 0 Å². The molecule has 1 aliphatic rings. The van der Waals surface area contributed by atoms with E-state index < -0.39 is 0 Å². The Morgan fingerprint density at radius 1 is 1.22 bits per heavy atom. The average Bonchev–Trinajstić information content (AvgIpc) is 2.37. The number of nitrogens with zero attached hydrogens (tertiary/aromatic N) is 1. The minimum Gasteiger partial charge on any atom is -0.377 e. The number of carbonyl (C=O) groups excluding carboxylic acids is 1. The summed E-state index contributed by atoms with van der Waals surface area (Å²) in [6, 6.07) is 10.5. The molecule has 1 heterocycles. The number of hydrogen-bond donors (Lipinski definition) is 0. The zero-order valence-corrected chi connectivity index (χ0v) is 11.1. The van der Waals surface area contributed by atoms with Crippen LogP contribution in [0.15, 0.2) is 30.3 Å². The topological polar surface area (TPSA) is 29.5 Å². The molecule has 0 N–H and O–H groups in total. The van der Waals surface area contributed by atoms with Crippen molar-refractivity contribution in [3.63, 3.8) is 0 Å². The van der Waals surface area contributed by atoms with Crippen molar-refractivity contribution in [3.05, 3.63) is 35.9 Å². The van der Waals surface area contributed by atoms with E-state index in [2.05, 4.69) is 26.0 Å². The third-order valence-corrected chi connectivity index (χ3v) is 3.43. The van der Waals surface area contributed by atoms with E-state index in [0.29, 0.717) is 19.6 Å². The van der Waals surface area contributed by atoms with Crippen LogP contribution in [0.5, 0.6) is 0 Å². The van der Waals surface area contributed by atoms with E-state index in [1.165, 1.54) is 5.56 Å². The van der Waals surface area contributed by atoms with E-state index in [4.69, 9.17) is 4.74 Å². The molecule has 1 aliphatic heterocycles. The van der Waals surface area contributed by atoms with Crippen molar-refractivity contribution in [2.45, 2.75) is 38.8 Å². The molecule has 18 heavy (non-hydrogen) atoms. The number of hydrogen-bond acceptors (Lipinski definition) is 2. The highest BCUT2D eigenvalue weighted by Crippen LogP contribution is 2.15. The third kappa shape index (κ3) is 3.10. The molecule has 0 spiro atoms. The molecule has 3 heteroatoms. The van der Waals surface area contributed by atoms with Crippen LogP contribution in [0.2, 0.25) is 0 Å². The van der Waals surface area contributed by atoms with Crippen LogP contribution in [-0.4, -0.2) is 36.1 Å². The van der Waals surface area contributed by atoms with Crippen LogP contribution in [0.4, 0.5) is 0 Å². The average molecular weight is 247 g/mol. The van der Waals surface area contributed by atoms with Crippen LogP contribution in [0.3, 0.4) is 0 Å². The lowest BCUT2D eigenvalue weighted by atomic mass is 10.1. The van der Waals surface area contributed by atoms with Crippen molar-refractivity contribution in [2.75, 3.05) is 13.2 Å². The Morgan fingerprint density at radius 2 is 1.83 bits per heavy atom. The van der Waals surface area contributed by atoms with Crippen LogP contribution in [0, 0.1) is 0 Å². The van der Waals surface area contributed by atoms with Gasteiger partial charge in [0.15, 0.2) is 0 Å². The van der Waals surface area contributed by atoms with Crippen molar-refractivity contribution in [1.82, 2.24) is 4.90 Å². The number of benzene rings is 1. The van der Waals surface area contributed by atoms with E-state index >= 15 is 0 Å². The Labute approximate surface area is 109 Å². The highest BCUT2D eigenvalue weighted by atomic mass is 16.5. The van der Waals surface area contributed by atoms with E-state index in [-0.39, 0.29) is 18.0 Å². The maximum Gasteiger partial charge on any atom is 0.223 e. The van der Waals surface area contributed by atoms with Gasteiger partial charge in [0.05, 0.1) is 25.3 Å². The maximum atomic E-state index is 12.3. The molecule has 2 atom stereocenters. The lowest BCUT2D eigenvalue weighted by Crippen LogP contribution is -2.52. The lowest BCUT2D eigenvalue weighted by Gasteiger charge is -2.38.